The summed E-state index contributed by atoms with van der Waals surface area (Å²) in [4.78, 5) is 40.1. The van der Waals surface area contributed by atoms with E-state index in [0.717, 1.165) is 0 Å². The molecule has 0 aromatic heterocycles. The molecule has 2 aliphatic rings. The third-order valence-electron chi connectivity index (χ3n) is 6.08. The zero-order chi connectivity index (χ0) is 21.5. The van der Waals surface area contributed by atoms with Crippen molar-refractivity contribution in [2.75, 3.05) is 13.2 Å². The van der Waals surface area contributed by atoms with Gasteiger partial charge >= 0.3 is 0 Å². The first kappa shape index (κ1) is 21.5. The molecular formula is C23H32N2O4. The summed E-state index contributed by atoms with van der Waals surface area (Å²) in [5.41, 5.74) is 6.44. The summed E-state index contributed by atoms with van der Waals surface area (Å²) in [6.45, 7) is 10.9. The van der Waals surface area contributed by atoms with Gasteiger partial charge in [0.15, 0.2) is 5.78 Å². The number of ketones is 1. The van der Waals surface area contributed by atoms with Crippen LogP contribution in [-0.2, 0) is 14.3 Å². The molecule has 2 heterocycles. The second-order valence-electron chi connectivity index (χ2n) is 9.85. The summed E-state index contributed by atoms with van der Waals surface area (Å²) in [5.74, 6) is -0.831. The minimum Gasteiger partial charge on any atom is -0.367 e. The molecule has 2 amide bonds. The molecule has 29 heavy (non-hydrogen) atoms. The van der Waals surface area contributed by atoms with Crippen LogP contribution in [-0.4, -0.2) is 47.8 Å². The minimum absolute atomic E-state index is 0.0378. The summed E-state index contributed by atoms with van der Waals surface area (Å²) >= 11 is 0. The molecular weight excluding hydrogens is 368 g/mol. The monoisotopic (exact) mass is 400 g/mol. The molecule has 0 aliphatic carbocycles. The second-order valence-corrected chi connectivity index (χ2v) is 9.85. The lowest BCUT2D eigenvalue weighted by Gasteiger charge is -2.32. The highest BCUT2D eigenvalue weighted by Gasteiger charge is 2.53. The van der Waals surface area contributed by atoms with Crippen molar-refractivity contribution in [3.8, 4) is 0 Å². The number of benzene rings is 1. The Morgan fingerprint density at radius 2 is 1.90 bits per heavy atom. The molecule has 0 saturated carbocycles. The fourth-order valence-electron chi connectivity index (χ4n) is 4.68. The van der Waals surface area contributed by atoms with Crippen LogP contribution >= 0.6 is 0 Å². The van der Waals surface area contributed by atoms with E-state index >= 15 is 0 Å². The van der Waals surface area contributed by atoms with Gasteiger partial charge in [0.05, 0.1) is 12.0 Å². The first-order chi connectivity index (χ1) is 13.5. The van der Waals surface area contributed by atoms with Crippen LogP contribution in [0.3, 0.4) is 0 Å². The fourth-order valence-corrected chi connectivity index (χ4v) is 4.68. The van der Waals surface area contributed by atoms with Gasteiger partial charge in [-0.2, -0.15) is 0 Å². The second kappa shape index (κ2) is 7.90. The van der Waals surface area contributed by atoms with Crippen molar-refractivity contribution < 1.29 is 19.1 Å². The van der Waals surface area contributed by atoms with E-state index in [1.807, 2.05) is 6.07 Å². The Kier molecular flexibility index (Phi) is 5.86. The number of likely N-dealkylation sites (tertiary alicyclic amines) is 1. The van der Waals surface area contributed by atoms with Crippen molar-refractivity contribution in [3.63, 3.8) is 0 Å². The number of rotatable bonds is 5. The fraction of sp³-hybridized carbons (Fsp3) is 0.609. The zero-order valence-corrected chi connectivity index (χ0v) is 18.0. The number of hydrogen-bond donors (Lipinski definition) is 1. The minimum atomic E-state index is -0.549. The molecule has 158 valence electrons. The highest BCUT2D eigenvalue weighted by molar-refractivity contribution is 5.98. The quantitative estimate of drug-likeness (QED) is 0.823. The van der Waals surface area contributed by atoms with Crippen LogP contribution in [0.4, 0.5) is 0 Å². The summed E-state index contributed by atoms with van der Waals surface area (Å²) in [6.07, 6.45) is 0.305. The lowest BCUT2D eigenvalue weighted by Crippen LogP contribution is -2.45. The van der Waals surface area contributed by atoms with Gasteiger partial charge in [-0.3, -0.25) is 14.4 Å². The number of hydrogen-bond acceptors (Lipinski definition) is 4. The van der Waals surface area contributed by atoms with E-state index in [9.17, 15) is 14.4 Å². The molecule has 2 aliphatic heterocycles. The number of ether oxygens (including phenoxy) is 1. The smallest absolute Gasteiger partial charge is 0.249 e. The number of nitrogens with two attached hydrogens (primary N) is 1. The summed E-state index contributed by atoms with van der Waals surface area (Å²) in [6, 6.07) is 6.50. The molecule has 2 N–H and O–H groups in total. The Morgan fingerprint density at radius 3 is 2.48 bits per heavy atom. The van der Waals surface area contributed by atoms with E-state index in [1.165, 1.54) is 0 Å². The van der Waals surface area contributed by atoms with Crippen LogP contribution in [0.1, 0.15) is 62.9 Å². The van der Waals surface area contributed by atoms with E-state index in [4.69, 9.17) is 10.5 Å². The van der Waals surface area contributed by atoms with Crippen molar-refractivity contribution in [1.82, 2.24) is 4.90 Å². The predicted molar refractivity (Wildman–Crippen MR) is 110 cm³/mol. The van der Waals surface area contributed by atoms with Crippen LogP contribution in [0.2, 0.25) is 0 Å². The SMILES string of the molecule is CC(C)[C@H]1CN(C(=O)[C@@H](CC(C)(C)C)c2ccccc2C(N)=O)[C@@H]2C(=O)CO[C@H]12. The number of carbonyl (C=O) groups excluding carboxylic acids is 3. The average molecular weight is 401 g/mol. The number of nitrogens with zero attached hydrogens (tertiary/aromatic N) is 1. The summed E-state index contributed by atoms with van der Waals surface area (Å²) in [5, 5.41) is 0. The van der Waals surface area contributed by atoms with Gasteiger partial charge < -0.3 is 15.4 Å². The van der Waals surface area contributed by atoms with Crippen molar-refractivity contribution in [2.45, 2.75) is 59.1 Å². The molecule has 6 heteroatoms. The largest absolute Gasteiger partial charge is 0.367 e. The molecule has 6 nitrogen and oxygen atoms in total. The van der Waals surface area contributed by atoms with E-state index in [-0.39, 0.29) is 35.7 Å². The van der Waals surface area contributed by atoms with Gasteiger partial charge in [-0.05, 0) is 29.4 Å². The Hall–Kier alpha value is -2.21. The van der Waals surface area contributed by atoms with E-state index in [1.54, 1.807) is 23.1 Å². The normalized spacial score (nSPS) is 25.4. The van der Waals surface area contributed by atoms with E-state index in [0.29, 0.717) is 30.0 Å². The molecule has 2 saturated heterocycles. The number of Topliss-reactive ketones (excluding diaryl/α,β-unsaturated/α-hetero) is 1. The van der Waals surface area contributed by atoms with Crippen LogP contribution in [0.15, 0.2) is 24.3 Å². The molecule has 1 aromatic rings. The third-order valence-corrected chi connectivity index (χ3v) is 6.08. The van der Waals surface area contributed by atoms with Crippen molar-refractivity contribution in [2.24, 2.45) is 23.0 Å². The highest BCUT2D eigenvalue weighted by Crippen LogP contribution is 2.40. The maximum atomic E-state index is 13.8. The first-order valence-electron chi connectivity index (χ1n) is 10.3. The Morgan fingerprint density at radius 1 is 1.24 bits per heavy atom. The van der Waals surface area contributed by atoms with Gasteiger partial charge in [0.25, 0.3) is 0 Å². The molecule has 2 fully saturated rings. The molecule has 1 aromatic carbocycles. The number of carbonyl (C=O) groups is 3. The lowest BCUT2D eigenvalue weighted by molar-refractivity contribution is -0.138. The maximum absolute atomic E-state index is 13.8. The van der Waals surface area contributed by atoms with E-state index in [2.05, 4.69) is 34.6 Å². The third kappa shape index (κ3) is 4.22. The van der Waals surface area contributed by atoms with Crippen molar-refractivity contribution in [3.05, 3.63) is 35.4 Å². The van der Waals surface area contributed by atoms with Crippen LogP contribution in [0.5, 0.6) is 0 Å². The van der Waals surface area contributed by atoms with Gasteiger partial charge in [-0.25, -0.2) is 0 Å². The van der Waals surface area contributed by atoms with Gasteiger partial charge in [-0.1, -0.05) is 52.8 Å². The van der Waals surface area contributed by atoms with Gasteiger partial charge in [0, 0.05) is 18.0 Å². The molecule has 0 spiro atoms. The number of primary amides is 1. The van der Waals surface area contributed by atoms with Crippen LogP contribution in [0.25, 0.3) is 0 Å². The summed E-state index contributed by atoms with van der Waals surface area (Å²) in [7, 11) is 0. The van der Waals surface area contributed by atoms with Gasteiger partial charge in [0.2, 0.25) is 11.8 Å². The molecule has 0 unspecified atom stereocenters. The Bertz CT molecular complexity index is 811. The average Bonchev–Trinajstić information content (AvgIpc) is 3.19. The molecule has 0 radical (unpaired) electrons. The first-order valence-corrected chi connectivity index (χ1v) is 10.3. The number of amides is 2. The Balaban J connectivity index is 2.02. The predicted octanol–water partition coefficient (Wildman–Crippen LogP) is 2.76. The van der Waals surface area contributed by atoms with Gasteiger partial charge in [-0.15, -0.1) is 0 Å². The van der Waals surface area contributed by atoms with Crippen LogP contribution < -0.4 is 5.73 Å². The maximum Gasteiger partial charge on any atom is 0.249 e. The Labute approximate surface area is 172 Å². The van der Waals surface area contributed by atoms with Crippen molar-refractivity contribution in [1.29, 1.82) is 0 Å². The van der Waals surface area contributed by atoms with Crippen LogP contribution in [0, 0.1) is 17.3 Å². The summed E-state index contributed by atoms with van der Waals surface area (Å²) < 4.78 is 5.77. The molecule has 0 bridgehead atoms. The highest BCUT2D eigenvalue weighted by atomic mass is 16.5. The lowest BCUT2D eigenvalue weighted by atomic mass is 9.79. The standard InChI is InChI=1S/C23H32N2O4/c1-13(2)17-11-25(19-18(26)12-29-20(17)19)22(28)16(10-23(3,4)5)14-8-6-7-9-15(14)21(24)27/h6-9,13,16-17,19-20H,10-12H2,1-5H3,(H2,24,27)/t16-,17+,19+,20+/m0/s1. The number of fused-ring (bicyclic) bond motifs is 1. The van der Waals surface area contributed by atoms with Gasteiger partial charge in [0.1, 0.15) is 12.6 Å². The zero-order valence-electron chi connectivity index (χ0n) is 18.0. The van der Waals surface area contributed by atoms with E-state index < -0.39 is 17.9 Å². The van der Waals surface area contributed by atoms with Crippen molar-refractivity contribution >= 4 is 17.6 Å². The molecule has 3 rings (SSSR count). The topological polar surface area (TPSA) is 89.7 Å². The molecule has 4 atom stereocenters.